The van der Waals surface area contributed by atoms with Crippen molar-refractivity contribution in [2.24, 2.45) is 0 Å². The molecule has 0 fully saturated rings. The number of nitro groups is 1. The van der Waals surface area contributed by atoms with Crippen LogP contribution in [0.2, 0.25) is 0 Å². The SMILES string of the molecule is CC(C)(C)c1ccc(NC(=O)COc2ccc(-c3cn4cc([N+](=O)[O-])ccc4n3)cc2)cc1. The number of fused-ring (bicyclic) bond motifs is 1. The smallest absolute Gasteiger partial charge is 0.286 e. The standard InChI is InChI=1S/C25H24N4O4/c1-25(2,3)18-6-8-19(9-7-18)26-24(30)16-33-21-11-4-17(5-12-21)22-15-28-14-20(29(31)32)10-13-23(28)27-22/h4-15H,16H2,1-3H3,(H,26,30). The van der Waals surface area contributed by atoms with Crippen LogP contribution >= 0.6 is 0 Å². The molecule has 4 rings (SSSR count). The number of pyridine rings is 1. The monoisotopic (exact) mass is 444 g/mol. The average Bonchev–Trinajstić information content (AvgIpc) is 3.21. The number of amides is 1. The Morgan fingerprint density at radius 2 is 1.73 bits per heavy atom. The number of rotatable bonds is 6. The summed E-state index contributed by atoms with van der Waals surface area (Å²) in [6.45, 7) is 6.31. The van der Waals surface area contributed by atoms with E-state index in [4.69, 9.17) is 4.74 Å². The summed E-state index contributed by atoms with van der Waals surface area (Å²) in [5.74, 6) is 0.306. The summed E-state index contributed by atoms with van der Waals surface area (Å²) >= 11 is 0. The molecule has 2 heterocycles. The van der Waals surface area contributed by atoms with Gasteiger partial charge in [-0.1, -0.05) is 32.9 Å². The molecule has 1 N–H and O–H groups in total. The number of benzene rings is 2. The molecule has 0 saturated carbocycles. The maximum atomic E-state index is 12.2. The quantitative estimate of drug-likeness (QED) is 0.325. The van der Waals surface area contributed by atoms with E-state index in [-0.39, 0.29) is 23.6 Å². The number of carbonyl (C=O) groups excluding carboxylic acids is 1. The van der Waals surface area contributed by atoms with Gasteiger partial charge in [-0.3, -0.25) is 19.3 Å². The Labute approximate surface area is 191 Å². The van der Waals surface area contributed by atoms with Gasteiger partial charge in [0.05, 0.1) is 16.8 Å². The highest BCUT2D eigenvalue weighted by Gasteiger charge is 2.13. The van der Waals surface area contributed by atoms with Crippen molar-refractivity contribution >= 4 is 22.9 Å². The minimum absolute atomic E-state index is 0.00128. The van der Waals surface area contributed by atoms with Gasteiger partial charge >= 0.3 is 0 Å². The Balaban J connectivity index is 1.36. The van der Waals surface area contributed by atoms with Crippen LogP contribution in [0.15, 0.2) is 73.1 Å². The second kappa shape index (κ2) is 8.74. The van der Waals surface area contributed by atoms with E-state index in [1.807, 2.05) is 36.4 Å². The number of nitrogens with zero attached hydrogens (tertiary/aromatic N) is 3. The zero-order chi connectivity index (χ0) is 23.6. The number of hydrogen-bond donors (Lipinski definition) is 1. The van der Waals surface area contributed by atoms with Crippen molar-refractivity contribution in [3.8, 4) is 17.0 Å². The normalized spacial score (nSPS) is 11.4. The van der Waals surface area contributed by atoms with Crippen molar-refractivity contribution < 1.29 is 14.5 Å². The Morgan fingerprint density at radius 1 is 1.03 bits per heavy atom. The predicted octanol–water partition coefficient (Wildman–Crippen LogP) is 5.22. The van der Waals surface area contributed by atoms with Gasteiger partial charge in [-0.05, 0) is 53.4 Å². The van der Waals surface area contributed by atoms with E-state index < -0.39 is 4.92 Å². The average molecular weight is 444 g/mol. The second-order valence-electron chi connectivity index (χ2n) is 8.72. The first-order chi connectivity index (χ1) is 15.7. The molecule has 1 amide bonds. The number of carbonyl (C=O) groups is 1. The Hall–Kier alpha value is -4.20. The van der Waals surface area contributed by atoms with Gasteiger partial charge in [-0.15, -0.1) is 0 Å². The van der Waals surface area contributed by atoms with Crippen LogP contribution in [-0.2, 0) is 10.2 Å². The molecular weight excluding hydrogens is 420 g/mol. The summed E-state index contributed by atoms with van der Waals surface area (Å²) in [6.07, 6.45) is 3.16. The van der Waals surface area contributed by atoms with E-state index in [0.29, 0.717) is 17.1 Å². The Kier molecular flexibility index (Phi) is 5.83. The van der Waals surface area contributed by atoms with E-state index >= 15 is 0 Å². The van der Waals surface area contributed by atoms with E-state index in [0.717, 1.165) is 11.3 Å². The van der Waals surface area contributed by atoms with Crippen LogP contribution in [0.1, 0.15) is 26.3 Å². The van der Waals surface area contributed by atoms with Crippen LogP contribution in [0.5, 0.6) is 5.75 Å². The lowest BCUT2D eigenvalue weighted by Gasteiger charge is -2.19. The van der Waals surface area contributed by atoms with E-state index in [9.17, 15) is 14.9 Å². The number of aromatic nitrogens is 2. The van der Waals surface area contributed by atoms with Crippen LogP contribution in [0.25, 0.3) is 16.9 Å². The molecule has 33 heavy (non-hydrogen) atoms. The van der Waals surface area contributed by atoms with Crippen molar-refractivity contribution in [1.29, 1.82) is 0 Å². The fourth-order valence-corrected chi connectivity index (χ4v) is 3.35. The van der Waals surface area contributed by atoms with Crippen LogP contribution in [0.3, 0.4) is 0 Å². The van der Waals surface area contributed by atoms with Crippen molar-refractivity contribution in [2.45, 2.75) is 26.2 Å². The molecule has 8 heteroatoms. The van der Waals surface area contributed by atoms with Crippen LogP contribution < -0.4 is 10.1 Å². The van der Waals surface area contributed by atoms with Crippen molar-refractivity contribution in [2.75, 3.05) is 11.9 Å². The summed E-state index contributed by atoms with van der Waals surface area (Å²) < 4.78 is 7.22. The molecule has 0 saturated heterocycles. The van der Waals surface area contributed by atoms with Crippen LogP contribution in [0.4, 0.5) is 11.4 Å². The van der Waals surface area contributed by atoms with E-state index in [2.05, 4.69) is 31.1 Å². The van der Waals surface area contributed by atoms with Gasteiger partial charge in [-0.25, -0.2) is 4.98 Å². The van der Waals surface area contributed by atoms with Crippen LogP contribution in [-0.4, -0.2) is 26.8 Å². The number of hydrogen-bond acceptors (Lipinski definition) is 5. The highest BCUT2D eigenvalue weighted by Crippen LogP contribution is 2.25. The number of nitrogens with one attached hydrogen (secondary N) is 1. The first-order valence-corrected chi connectivity index (χ1v) is 10.5. The van der Waals surface area contributed by atoms with Gasteiger partial charge < -0.3 is 10.1 Å². The molecule has 2 aromatic carbocycles. The van der Waals surface area contributed by atoms with Gasteiger partial charge in [-0.2, -0.15) is 0 Å². The number of imidazole rings is 1. The topological polar surface area (TPSA) is 98.8 Å². The summed E-state index contributed by atoms with van der Waals surface area (Å²) in [4.78, 5) is 27.2. The highest BCUT2D eigenvalue weighted by atomic mass is 16.6. The first kappa shape index (κ1) is 22.0. The second-order valence-corrected chi connectivity index (χ2v) is 8.72. The van der Waals surface area contributed by atoms with E-state index in [1.165, 1.54) is 17.8 Å². The molecule has 0 bridgehead atoms. The minimum atomic E-state index is -0.442. The third-order valence-corrected chi connectivity index (χ3v) is 5.20. The molecule has 0 radical (unpaired) electrons. The molecule has 0 unspecified atom stereocenters. The van der Waals surface area contributed by atoms with Gasteiger partial charge in [0.15, 0.2) is 6.61 Å². The van der Waals surface area contributed by atoms with Crippen molar-refractivity contribution in [3.63, 3.8) is 0 Å². The van der Waals surface area contributed by atoms with Gasteiger partial charge in [0.1, 0.15) is 11.4 Å². The molecule has 0 aliphatic rings. The molecule has 2 aromatic heterocycles. The lowest BCUT2D eigenvalue weighted by atomic mass is 9.87. The first-order valence-electron chi connectivity index (χ1n) is 10.5. The number of ether oxygens (including phenoxy) is 1. The Bertz CT molecular complexity index is 1300. The lowest BCUT2D eigenvalue weighted by Crippen LogP contribution is -2.20. The van der Waals surface area contributed by atoms with Crippen LogP contribution in [0, 0.1) is 10.1 Å². The zero-order valence-electron chi connectivity index (χ0n) is 18.6. The summed E-state index contributed by atoms with van der Waals surface area (Å²) in [7, 11) is 0. The van der Waals surface area contributed by atoms with Gasteiger partial charge in [0, 0.05) is 23.5 Å². The molecular formula is C25H24N4O4. The molecule has 4 aromatic rings. The van der Waals surface area contributed by atoms with Gasteiger partial charge in [0.25, 0.3) is 11.6 Å². The molecule has 0 aliphatic carbocycles. The van der Waals surface area contributed by atoms with Crippen molar-refractivity contribution in [3.05, 3.63) is 88.7 Å². The maximum absolute atomic E-state index is 12.2. The molecule has 0 spiro atoms. The molecule has 168 valence electrons. The summed E-state index contributed by atoms with van der Waals surface area (Å²) in [5, 5.41) is 13.8. The van der Waals surface area contributed by atoms with Crippen molar-refractivity contribution in [1.82, 2.24) is 9.38 Å². The summed E-state index contributed by atoms with van der Waals surface area (Å²) in [5.41, 5.74) is 4.09. The fourth-order valence-electron chi connectivity index (χ4n) is 3.35. The zero-order valence-corrected chi connectivity index (χ0v) is 18.6. The highest BCUT2D eigenvalue weighted by molar-refractivity contribution is 5.91. The fraction of sp³-hybridized carbons (Fsp3) is 0.200. The largest absolute Gasteiger partial charge is 0.484 e. The molecule has 8 nitrogen and oxygen atoms in total. The van der Waals surface area contributed by atoms with Gasteiger partial charge in [0.2, 0.25) is 0 Å². The lowest BCUT2D eigenvalue weighted by molar-refractivity contribution is -0.385. The predicted molar refractivity (Wildman–Crippen MR) is 127 cm³/mol. The minimum Gasteiger partial charge on any atom is -0.484 e. The third-order valence-electron chi connectivity index (χ3n) is 5.20. The molecule has 0 atom stereocenters. The number of anilines is 1. The third kappa shape index (κ3) is 5.17. The maximum Gasteiger partial charge on any atom is 0.286 e. The van der Waals surface area contributed by atoms with E-state index in [1.54, 1.807) is 28.8 Å². The molecule has 0 aliphatic heterocycles. The summed E-state index contributed by atoms with van der Waals surface area (Å²) in [6, 6.07) is 18.0. The Morgan fingerprint density at radius 3 is 2.36 bits per heavy atom.